The molecule has 0 N–H and O–H groups in total. The highest BCUT2D eigenvalue weighted by molar-refractivity contribution is 5.78. The molecule has 144 valence electrons. The molecule has 1 heterocycles. The number of carbonyl (C=O) groups is 1. The summed E-state index contributed by atoms with van der Waals surface area (Å²) in [6.07, 6.45) is 1.34. The summed E-state index contributed by atoms with van der Waals surface area (Å²) in [5.41, 5.74) is 3.40. The SMILES string of the molecule is COc1cc2c(cc1OC)C(c1ccccc1)N(C(=O)CC(C)(C)C)CC2. The monoisotopic (exact) mass is 367 g/mol. The van der Waals surface area contributed by atoms with Crippen LogP contribution in [-0.2, 0) is 11.2 Å². The molecule has 0 aliphatic carbocycles. The highest BCUT2D eigenvalue weighted by atomic mass is 16.5. The maximum atomic E-state index is 13.2. The van der Waals surface area contributed by atoms with Gasteiger partial charge >= 0.3 is 0 Å². The van der Waals surface area contributed by atoms with Gasteiger partial charge in [-0.15, -0.1) is 0 Å². The lowest BCUT2D eigenvalue weighted by Crippen LogP contribution is -2.41. The average Bonchev–Trinajstić information content (AvgIpc) is 2.65. The Morgan fingerprint density at radius 3 is 2.30 bits per heavy atom. The van der Waals surface area contributed by atoms with Crippen LogP contribution in [0.5, 0.6) is 11.5 Å². The van der Waals surface area contributed by atoms with E-state index in [0.29, 0.717) is 18.7 Å². The third kappa shape index (κ3) is 4.10. The minimum atomic E-state index is -0.107. The Kier molecular flexibility index (Phi) is 5.45. The number of hydrogen-bond acceptors (Lipinski definition) is 3. The molecule has 1 unspecified atom stereocenters. The van der Waals surface area contributed by atoms with Crippen LogP contribution in [0.3, 0.4) is 0 Å². The summed E-state index contributed by atoms with van der Waals surface area (Å²) in [5.74, 6) is 1.62. The molecule has 2 aromatic carbocycles. The van der Waals surface area contributed by atoms with Gasteiger partial charge in [0.15, 0.2) is 11.5 Å². The average molecular weight is 367 g/mol. The summed E-state index contributed by atoms with van der Waals surface area (Å²) in [7, 11) is 3.30. The van der Waals surface area contributed by atoms with E-state index in [9.17, 15) is 4.79 Å². The van der Waals surface area contributed by atoms with Crippen molar-refractivity contribution in [2.75, 3.05) is 20.8 Å². The van der Waals surface area contributed by atoms with E-state index in [2.05, 4.69) is 39.0 Å². The minimum Gasteiger partial charge on any atom is -0.493 e. The Balaban J connectivity index is 2.10. The van der Waals surface area contributed by atoms with Crippen molar-refractivity contribution in [2.45, 2.75) is 39.7 Å². The molecule has 1 aliphatic rings. The van der Waals surface area contributed by atoms with E-state index in [1.807, 2.05) is 29.2 Å². The molecule has 2 aromatic rings. The second-order valence-electron chi connectivity index (χ2n) is 8.29. The van der Waals surface area contributed by atoms with Crippen molar-refractivity contribution < 1.29 is 14.3 Å². The van der Waals surface area contributed by atoms with Gasteiger partial charge < -0.3 is 14.4 Å². The van der Waals surface area contributed by atoms with Crippen LogP contribution in [0.15, 0.2) is 42.5 Å². The quantitative estimate of drug-likeness (QED) is 0.792. The summed E-state index contributed by atoms with van der Waals surface area (Å²) in [4.78, 5) is 15.2. The van der Waals surface area contributed by atoms with Crippen molar-refractivity contribution in [3.63, 3.8) is 0 Å². The maximum absolute atomic E-state index is 13.2. The second-order valence-corrected chi connectivity index (χ2v) is 8.29. The van der Waals surface area contributed by atoms with Gasteiger partial charge in [0.2, 0.25) is 5.91 Å². The fourth-order valence-electron chi connectivity index (χ4n) is 3.76. The zero-order valence-corrected chi connectivity index (χ0v) is 16.9. The number of hydrogen-bond donors (Lipinski definition) is 0. The van der Waals surface area contributed by atoms with Crippen molar-refractivity contribution in [3.05, 3.63) is 59.2 Å². The fraction of sp³-hybridized carbons (Fsp3) is 0.435. The largest absolute Gasteiger partial charge is 0.493 e. The Morgan fingerprint density at radius 1 is 1.07 bits per heavy atom. The molecule has 3 rings (SSSR count). The van der Waals surface area contributed by atoms with E-state index in [0.717, 1.165) is 23.3 Å². The number of nitrogens with zero attached hydrogens (tertiary/aromatic N) is 1. The number of rotatable bonds is 4. The van der Waals surface area contributed by atoms with Crippen LogP contribution < -0.4 is 9.47 Å². The Hall–Kier alpha value is -2.49. The number of ether oxygens (including phenoxy) is 2. The van der Waals surface area contributed by atoms with Gasteiger partial charge in [-0.05, 0) is 40.7 Å². The first-order valence-corrected chi connectivity index (χ1v) is 9.43. The molecule has 4 nitrogen and oxygen atoms in total. The predicted molar refractivity (Wildman–Crippen MR) is 107 cm³/mol. The molecule has 1 aliphatic heterocycles. The van der Waals surface area contributed by atoms with Gasteiger partial charge in [-0.25, -0.2) is 0 Å². The summed E-state index contributed by atoms with van der Waals surface area (Å²) in [6.45, 7) is 7.02. The molecule has 0 fully saturated rings. The van der Waals surface area contributed by atoms with Gasteiger partial charge in [0.25, 0.3) is 0 Å². The summed E-state index contributed by atoms with van der Waals surface area (Å²) < 4.78 is 11.0. The van der Waals surface area contributed by atoms with E-state index in [-0.39, 0.29) is 17.4 Å². The highest BCUT2D eigenvalue weighted by Gasteiger charge is 2.34. The lowest BCUT2D eigenvalue weighted by molar-refractivity contribution is -0.135. The first-order valence-electron chi connectivity index (χ1n) is 9.43. The number of methoxy groups -OCH3 is 2. The van der Waals surface area contributed by atoms with Crippen molar-refractivity contribution in [2.24, 2.45) is 5.41 Å². The predicted octanol–water partition coefficient (Wildman–Crippen LogP) is 4.61. The summed E-state index contributed by atoms with van der Waals surface area (Å²) in [6, 6.07) is 14.2. The first-order chi connectivity index (χ1) is 12.8. The van der Waals surface area contributed by atoms with E-state index in [1.54, 1.807) is 14.2 Å². The molecule has 0 radical (unpaired) electrons. The third-order valence-corrected chi connectivity index (χ3v) is 4.99. The van der Waals surface area contributed by atoms with Crippen LogP contribution in [0.1, 0.15) is 49.9 Å². The zero-order chi connectivity index (χ0) is 19.6. The van der Waals surface area contributed by atoms with E-state index < -0.39 is 0 Å². The molecule has 0 spiro atoms. The standard InChI is InChI=1S/C23H29NO3/c1-23(2,3)15-21(25)24-12-11-17-13-19(26-4)20(27-5)14-18(17)22(24)16-9-7-6-8-10-16/h6-10,13-14,22H,11-12,15H2,1-5H3. The van der Waals surface area contributed by atoms with E-state index in [1.165, 1.54) is 5.56 Å². The molecule has 0 saturated carbocycles. The topological polar surface area (TPSA) is 38.8 Å². The molecule has 0 aromatic heterocycles. The highest BCUT2D eigenvalue weighted by Crippen LogP contribution is 2.41. The zero-order valence-electron chi connectivity index (χ0n) is 16.9. The van der Waals surface area contributed by atoms with E-state index >= 15 is 0 Å². The normalized spacial score (nSPS) is 16.6. The number of amides is 1. The van der Waals surface area contributed by atoms with Crippen molar-refractivity contribution in [1.29, 1.82) is 0 Å². The van der Waals surface area contributed by atoms with Crippen LogP contribution in [0, 0.1) is 5.41 Å². The van der Waals surface area contributed by atoms with Gasteiger partial charge in [0, 0.05) is 13.0 Å². The van der Waals surface area contributed by atoms with Gasteiger partial charge in [-0.1, -0.05) is 51.1 Å². The van der Waals surface area contributed by atoms with Gasteiger partial charge in [-0.3, -0.25) is 4.79 Å². The molecular formula is C23H29NO3. The van der Waals surface area contributed by atoms with Crippen LogP contribution >= 0.6 is 0 Å². The van der Waals surface area contributed by atoms with Crippen molar-refractivity contribution >= 4 is 5.91 Å². The number of benzene rings is 2. The Labute approximate surface area is 162 Å². The lowest BCUT2D eigenvalue weighted by Gasteiger charge is -2.39. The Bertz CT molecular complexity index is 808. The molecule has 27 heavy (non-hydrogen) atoms. The van der Waals surface area contributed by atoms with Crippen LogP contribution in [0.2, 0.25) is 0 Å². The summed E-state index contributed by atoms with van der Waals surface area (Å²) >= 11 is 0. The molecular weight excluding hydrogens is 338 g/mol. The maximum Gasteiger partial charge on any atom is 0.223 e. The third-order valence-electron chi connectivity index (χ3n) is 4.99. The van der Waals surface area contributed by atoms with Crippen molar-refractivity contribution in [3.8, 4) is 11.5 Å². The van der Waals surface area contributed by atoms with Crippen LogP contribution in [-0.4, -0.2) is 31.6 Å². The molecule has 0 saturated heterocycles. The molecule has 1 atom stereocenters. The van der Waals surface area contributed by atoms with Crippen LogP contribution in [0.25, 0.3) is 0 Å². The number of fused-ring (bicyclic) bond motifs is 1. The lowest BCUT2D eigenvalue weighted by atomic mass is 9.85. The fourth-order valence-corrected chi connectivity index (χ4v) is 3.76. The van der Waals surface area contributed by atoms with Crippen LogP contribution in [0.4, 0.5) is 0 Å². The van der Waals surface area contributed by atoms with Crippen molar-refractivity contribution in [1.82, 2.24) is 4.90 Å². The van der Waals surface area contributed by atoms with Gasteiger partial charge in [0.1, 0.15) is 0 Å². The molecule has 4 heteroatoms. The minimum absolute atomic E-state index is 0.0454. The number of carbonyl (C=O) groups excluding carboxylic acids is 1. The smallest absolute Gasteiger partial charge is 0.223 e. The first kappa shape index (κ1) is 19.3. The van der Waals surface area contributed by atoms with E-state index in [4.69, 9.17) is 9.47 Å². The van der Waals surface area contributed by atoms with Gasteiger partial charge in [-0.2, -0.15) is 0 Å². The van der Waals surface area contributed by atoms with Gasteiger partial charge in [0.05, 0.1) is 20.3 Å². The molecule has 0 bridgehead atoms. The molecule has 1 amide bonds. The Morgan fingerprint density at radius 2 is 1.70 bits per heavy atom. The summed E-state index contributed by atoms with van der Waals surface area (Å²) in [5, 5.41) is 0. The second kappa shape index (κ2) is 7.63.